The molecule has 0 saturated heterocycles. The summed E-state index contributed by atoms with van der Waals surface area (Å²) < 4.78 is 6.84. The van der Waals surface area contributed by atoms with E-state index in [0.29, 0.717) is 5.52 Å². The zero-order valence-corrected chi connectivity index (χ0v) is 8.23. The maximum Gasteiger partial charge on any atom is 0.360 e. The predicted molar refractivity (Wildman–Crippen MR) is 58.2 cm³/mol. The average Bonchev–Trinajstić information content (AvgIpc) is 2.64. The van der Waals surface area contributed by atoms with Crippen LogP contribution in [0.3, 0.4) is 0 Å². The lowest BCUT2D eigenvalue weighted by Gasteiger charge is -1.99. The van der Waals surface area contributed by atoms with Crippen molar-refractivity contribution in [2.75, 3.05) is 0 Å². The highest BCUT2D eigenvalue weighted by molar-refractivity contribution is 5.86. The summed E-state index contributed by atoms with van der Waals surface area (Å²) in [5.41, 5.74) is 2.26. The molecule has 3 aromatic rings. The molecule has 0 amide bonds. The molecule has 1 aromatic carbocycles. The van der Waals surface area contributed by atoms with Crippen LogP contribution >= 0.6 is 0 Å². The standard InChI is InChI=1S/C12H9NO2/c1-8-7-15-12(14)11-6-9-4-2-3-5-10(9)13(8)11/h2-7H,1H3. The van der Waals surface area contributed by atoms with Gasteiger partial charge in [0.2, 0.25) is 0 Å². The Kier molecular flexibility index (Phi) is 1.51. The van der Waals surface area contributed by atoms with E-state index in [1.165, 1.54) is 6.26 Å². The molecule has 0 aliphatic heterocycles. The maximum absolute atomic E-state index is 11.5. The Morgan fingerprint density at radius 3 is 2.87 bits per heavy atom. The second kappa shape index (κ2) is 2.73. The normalized spacial score (nSPS) is 11.3. The number of rotatable bonds is 0. The summed E-state index contributed by atoms with van der Waals surface area (Å²) in [6.07, 6.45) is 1.49. The van der Waals surface area contributed by atoms with Crippen LogP contribution in [-0.2, 0) is 0 Å². The highest BCUT2D eigenvalue weighted by Crippen LogP contribution is 2.19. The van der Waals surface area contributed by atoms with Gasteiger partial charge in [0, 0.05) is 5.39 Å². The van der Waals surface area contributed by atoms with Crippen molar-refractivity contribution in [3.63, 3.8) is 0 Å². The van der Waals surface area contributed by atoms with Crippen molar-refractivity contribution < 1.29 is 4.42 Å². The van der Waals surface area contributed by atoms with Crippen molar-refractivity contribution in [1.82, 2.24) is 4.40 Å². The van der Waals surface area contributed by atoms with Crippen LogP contribution in [0, 0.1) is 6.92 Å². The molecule has 2 heterocycles. The number of aryl methyl sites for hydroxylation is 1. The molecule has 0 bridgehead atoms. The molecule has 0 fully saturated rings. The number of hydrogen-bond donors (Lipinski definition) is 0. The Hall–Kier alpha value is -2.03. The predicted octanol–water partition coefficient (Wildman–Crippen LogP) is 2.35. The van der Waals surface area contributed by atoms with Gasteiger partial charge in [0.25, 0.3) is 0 Å². The minimum Gasteiger partial charge on any atom is -0.428 e. The van der Waals surface area contributed by atoms with Gasteiger partial charge in [-0.3, -0.25) is 0 Å². The van der Waals surface area contributed by atoms with Crippen molar-refractivity contribution in [3.05, 3.63) is 52.7 Å². The first-order valence-corrected chi connectivity index (χ1v) is 4.76. The summed E-state index contributed by atoms with van der Waals surface area (Å²) in [7, 11) is 0. The summed E-state index contributed by atoms with van der Waals surface area (Å²) in [6.45, 7) is 1.92. The van der Waals surface area contributed by atoms with Crippen molar-refractivity contribution in [3.8, 4) is 0 Å². The van der Waals surface area contributed by atoms with Crippen molar-refractivity contribution in [2.45, 2.75) is 6.92 Å². The molecule has 0 aliphatic carbocycles. The molecule has 0 spiro atoms. The largest absolute Gasteiger partial charge is 0.428 e. The number of benzene rings is 1. The third-order valence-corrected chi connectivity index (χ3v) is 2.61. The van der Waals surface area contributed by atoms with Crippen LogP contribution in [0.4, 0.5) is 0 Å². The zero-order valence-electron chi connectivity index (χ0n) is 8.23. The lowest BCUT2D eigenvalue weighted by Crippen LogP contribution is -2.04. The summed E-state index contributed by atoms with van der Waals surface area (Å²) in [5.74, 6) is 0. The minimum absolute atomic E-state index is 0.295. The average molecular weight is 199 g/mol. The second-order valence-corrected chi connectivity index (χ2v) is 3.59. The monoisotopic (exact) mass is 199 g/mol. The molecule has 0 unspecified atom stereocenters. The Balaban J connectivity index is 2.72. The van der Waals surface area contributed by atoms with Gasteiger partial charge in [0.1, 0.15) is 11.8 Å². The molecule has 3 heteroatoms. The summed E-state index contributed by atoms with van der Waals surface area (Å²) in [4.78, 5) is 11.5. The summed E-state index contributed by atoms with van der Waals surface area (Å²) in [6, 6.07) is 9.76. The number of nitrogens with zero attached hydrogens (tertiary/aromatic N) is 1. The van der Waals surface area contributed by atoms with Gasteiger partial charge < -0.3 is 8.82 Å². The van der Waals surface area contributed by atoms with Crippen molar-refractivity contribution >= 4 is 16.4 Å². The van der Waals surface area contributed by atoms with Gasteiger partial charge in [-0.2, -0.15) is 0 Å². The molecule has 0 aliphatic rings. The molecule has 0 N–H and O–H groups in total. The van der Waals surface area contributed by atoms with E-state index in [2.05, 4.69) is 0 Å². The van der Waals surface area contributed by atoms with Crippen LogP contribution in [0.2, 0.25) is 0 Å². The number of aromatic nitrogens is 1. The third-order valence-electron chi connectivity index (χ3n) is 2.61. The van der Waals surface area contributed by atoms with Crippen LogP contribution in [0.1, 0.15) is 5.69 Å². The lowest BCUT2D eigenvalue weighted by molar-refractivity contribution is 0.504. The topological polar surface area (TPSA) is 34.6 Å². The highest BCUT2D eigenvalue weighted by Gasteiger charge is 2.07. The first-order chi connectivity index (χ1) is 7.27. The van der Waals surface area contributed by atoms with E-state index in [1.54, 1.807) is 0 Å². The molecule has 3 nitrogen and oxygen atoms in total. The molecule has 74 valence electrons. The maximum atomic E-state index is 11.5. The van der Waals surface area contributed by atoms with E-state index in [-0.39, 0.29) is 5.63 Å². The van der Waals surface area contributed by atoms with E-state index in [0.717, 1.165) is 16.6 Å². The van der Waals surface area contributed by atoms with Crippen molar-refractivity contribution in [2.24, 2.45) is 0 Å². The second-order valence-electron chi connectivity index (χ2n) is 3.59. The Morgan fingerprint density at radius 1 is 1.20 bits per heavy atom. The van der Waals surface area contributed by atoms with Crippen LogP contribution in [-0.4, -0.2) is 4.40 Å². The summed E-state index contributed by atoms with van der Waals surface area (Å²) in [5, 5.41) is 1.05. The zero-order chi connectivity index (χ0) is 10.4. The molecule has 2 aromatic heterocycles. The van der Waals surface area contributed by atoms with Gasteiger partial charge in [-0.1, -0.05) is 18.2 Å². The fraction of sp³-hybridized carbons (Fsp3) is 0.0833. The first-order valence-electron chi connectivity index (χ1n) is 4.76. The third kappa shape index (κ3) is 1.03. The van der Waals surface area contributed by atoms with Crippen molar-refractivity contribution in [1.29, 1.82) is 0 Å². The number of fused-ring (bicyclic) bond motifs is 3. The van der Waals surface area contributed by atoms with Crippen LogP contribution in [0.25, 0.3) is 16.4 Å². The van der Waals surface area contributed by atoms with E-state index in [1.807, 2.05) is 41.7 Å². The molecule has 0 atom stereocenters. The van der Waals surface area contributed by atoms with Gasteiger partial charge in [-0.15, -0.1) is 0 Å². The van der Waals surface area contributed by atoms with E-state index in [4.69, 9.17) is 4.42 Å². The van der Waals surface area contributed by atoms with E-state index >= 15 is 0 Å². The highest BCUT2D eigenvalue weighted by atomic mass is 16.4. The van der Waals surface area contributed by atoms with E-state index in [9.17, 15) is 4.79 Å². The smallest absolute Gasteiger partial charge is 0.360 e. The molecule has 3 rings (SSSR count). The Labute approximate surface area is 85.6 Å². The minimum atomic E-state index is -0.295. The Bertz CT molecular complexity index is 706. The van der Waals surface area contributed by atoms with Crippen LogP contribution in [0.15, 0.2) is 45.8 Å². The molecule has 0 radical (unpaired) electrons. The molecular weight excluding hydrogens is 190 g/mol. The molecular formula is C12H9NO2. The number of hydrogen-bond acceptors (Lipinski definition) is 2. The quantitative estimate of drug-likeness (QED) is 0.557. The lowest BCUT2D eigenvalue weighted by atomic mass is 10.2. The van der Waals surface area contributed by atoms with Gasteiger partial charge in [0.15, 0.2) is 0 Å². The molecule has 0 saturated carbocycles. The fourth-order valence-corrected chi connectivity index (χ4v) is 1.94. The van der Waals surface area contributed by atoms with Gasteiger partial charge in [-0.05, 0) is 19.1 Å². The molecule has 15 heavy (non-hydrogen) atoms. The SMILES string of the molecule is Cc1coc(=O)c2cc3ccccc3n12. The van der Waals surface area contributed by atoms with E-state index < -0.39 is 0 Å². The van der Waals surface area contributed by atoms with Gasteiger partial charge in [0.05, 0.1) is 11.2 Å². The first kappa shape index (κ1) is 8.29. The Morgan fingerprint density at radius 2 is 2.00 bits per heavy atom. The fourth-order valence-electron chi connectivity index (χ4n) is 1.94. The number of para-hydroxylation sites is 1. The van der Waals surface area contributed by atoms with Gasteiger partial charge in [-0.25, -0.2) is 4.79 Å². The summed E-state index contributed by atoms with van der Waals surface area (Å²) >= 11 is 0. The van der Waals surface area contributed by atoms with Crippen LogP contribution < -0.4 is 5.63 Å². The van der Waals surface area contributed by atoms with Gasteiger partial charge >= 0.3 is 5.63 Å². The van der Waals surface area contributed by atoms with Crippen LogP contribution in [0.5, 0.6) is 0 Å².